The molecule has 0 aliphatic heterocycles. The van der Waals surface area contributed by atoms with Crippen LogP contribution in [0, 0.1) is 11.3 Å². The molecule has 1 fully saturated rings. The molecule has 7 nitrogen and oxygen atoms in total. The van der Waals surface area contributed by atoms with Gasteiger partial charge in [0.25, 0.3) is 0 Å². The van der Waals surface area contributed by atoms with Gasteiger partial charge in [0, 0.05) is 12.1 Å². The Morgan fingerprint density at radius 1 is 1.29 bits per heavy atom. The van der Waals surface area contributed by atoms with Crippen LogP contribution in [-0.4, -0.2) is 32.2 Å². The van der Waals surface area contributed by atoms with Gasteiger partial charge in [-0.25, -0.2) is 17.9 Å². The molecule has 2 N–H and O–H groups in total. The van der Waals surface area contributed by atoms with Crippen molar-refractivity contribution < 1.29 is 17.9 Å². The third-order valence-electron chi connectivity index (χ3n) is 3.45. The molecule has 0 heterocycles. The minimum absolute atomic E-state index is 0.0603. The topological polar surface area (TPSA) is 108 Å². The van der Waals surface area contributed by atoms with Gasteiger partial charge < -0.3 is 10.1 Å². The Morgan fingerprint density at radius 3 is 2.54 bits per heavy atom. The van der Waals surface area contributed by atoms with Crippen LogP contribution in [0.1, 0.15) is 39.2 Å². The van der Waals surface area contributed by atoms with Crippen molar-refractivity contribution in [3.05, 3.63) is 29.8 Å². The van der Waals surface area contributed by atoms with Crippen molar-refractivity contribution in [3.8, 4) is 6.07 Å². The molecule has 1 aliphatic carbocycles. The number of nitrogens with one attached hydrogen (secondary N) is 2. The molecule has 24 heavy (non-hydrogen) atoms. The van der Waals surface area contributed by atoms with E-state index in [-0.39, 0.29) is 22.5 Å². The molecule has 0 radical (unpaired) electrons. The van der Waals surface area contributed by atoms with Crippen LogP contribution >= 0.6 is 0 Å². The minimum Gasteiger partial charge on any atom is -0.444 e. The molecule has 0 aromatic heterocycles. The second kappa shape index (κ2) is 6.79. The lowest BCUT2D eigenvalue weighted by Crippen LogP contribution is -2.54. The number of hydrogen-bond donors (Lipinski definition) is 2. The number of rotatable bonds is 4. The Bertz CT molecular complexity index is 756. The van der Waals surface area contributed by atoms with Gasteiger partial charge in [-0.3, -0.25) is 0 Å². The number of alkyl carbamates (subject to hydrolysis) is 1. The smallest absolute Gasteiger partial charge is 0.407 e. The largest absolute Gasteiger partial charge is 0.444 e. The van der Waals surface area contributed by atoms with Gasteiger partial charge in [0.2, 0.25) is 10.0 Å². The maximum Gasteiger partial charge on any atom is 0.407 e. The Labute approximate surface area is 142 Å². The highest BCUT2D eigenvalue weighted by Gasteiger charge is 2.34. The summed E-state index contributed by atoms with van der Waals surface area (Å²) in [6.45, 7) is 5.33. The van der Waals surface area contributed by atoms with Gasteiger partial charge in [-0.1, -0.05) is 6.07 Å². The zero-order chi connectivity index (χ0) is 18.0. The molecule has 8 heteroatoms. The summed E-state index contributed by atoms with van der Waals surface area (Å²) in [6, 6.07) is 7.40. The summed E-state index contributed by atoms with van der Waals surface area (Å²) in [5.74, 6) is 0. The summed E-state index contributed by atoms with van der Waals surface area (Å²) in [6.07, 6.45) is 0.489. The normalized spacial score (nSPS) is 20.6. The number of sulfonamides is 1. The fraction of sp³-hybridized carbons (Fsp3) is 0.500. The lowest BCUT2D eigenvalue weighted by Gasteiger charge is -2.36. The Hall–Kier alpha value is -2.11. The van der Waals surface area contributed by atoms with Crippen molar-refractivity contribution in [1.82, 2.24) is 10.0 Å². The van der Waals surface area contributed by atoms with E-state index in [0.717, 1.165) is 0 Å². The molecule has 0 saturated heterocycles. The van der Waals surface area contributed by atoms with Gasteiger partial charge in [-0.2, -0.15) is 5.26 Å². The van der Waals surface area contributed by atoms with Gasteiger partial charge in [0.15, 0.2) is 0 Å². The molecule has 1 saturated carbocycles. The number of nitrogens with zero attached hydrogens (tertiary/aromatic N) is 1. The zero-order valence-corrected chi connectivity index (χ0v) is 14.7. The molecule has 130 valence electrons. The number of amides is 1. The highest BCUT2D eigenvalue weighted by molar-refractivity contribution is 7.89. The average Bonchev–Trinajstić information content (AvgIpc) is 2.43. The quantitative estimate of drug-likeness (QED) is 0.861. The van der Waals surface area contributed by atoms with Crippen molar-refractivity contribution in [2.45, 2.75) is 56.2 Å². The molecule has 2 rings (SSSR count). The van der Waals surface area contributed by atoms with E-state index >= 15 is 0 Å². The number of hydrogen-bond acceptors (Lipinski definition) is 5. The molecule has 0 spiro atoms. The standard InChI is InChI=1S/C16H21N3O4S/c1-16(2,3)23-15(20)18-12-8-13(9-12)19-24(21,22)14-6-4-5-11(7-14)10-17/h4-7,12-13,19H,8-9H2,1-3H3,(H,18,20). The third-order valence-corrected chi connectivity index (χ3v) is 4.97. The molecule has 1 aliphatic rings. The average molecular weight is 351 g/mol. The van der Waals surface area contributed by atoms with Crippen LogP contribution in [0.15, 0.2) is 29.2 Å². The number of benzene rings is 1. The first-order valence-corrected chi connectivity index (χ1v) is 9.09. The predicted molar refractivity (Wildman–Crippen MR) is 87.7 cm³/mol. The number of carbonyl (C=O) groups excluding carboxylic acids is 1. The Kier molecular flexibility index (Phi) is 5.16. The van der Waals surface area contributed by atoms with E-state index in [0.29, 0.717) is 12.8 Å². The highest BCUT2D eigenvalue weighted by atomic mass is 32.2. The minimum atomic E-state index is -3.68. The maximum absolute atomic E-state index is 12.3. The van der Waals surface area contributed by atoms with Crippen LogP contribution in [0.25, 0.3) is 0 Å². The summed E-state index contributed by atoms with van der Waals surface area (Å²) in [5.41, 5.74) is -0.281. The van der Waals surface area contributed by atoms with Crippen LogP contribution in [-0.2, 0) is 14.8 Å². The molecular weight excluding hydrogens is 330 g/mol. The van der Waals surface area contributed by atoms with Crippen molar-refractivity contribution >= 4 is 16.1 Å². The lowest BCUT2D eigenvalue weighted by atomic mass is 9.88. The second-order valence-corrected chi connectivity index (χ2v) is 8.49. The van der Waals surface area contributed by atoms with Crippen LogP contribution in [0.4, 0.5) is 4.79 Å². The van der Waals surface area contributed by atoms with Crippen molar-refractivity contribution in [2.24, 2.45) is 0 Å². The lowest BCUT2D eigenvalue weighted by molar-refractivity contribution is 0.0470. The third kappa shape index (κ3) is 4.94. The van der Waals surface area contributed by atoms with Crippen molar-refractivity contribution in [3.63, 3.8) is 0 Å². The molecule has 0 atom stereocenters. The van der Waals surface area contributed by atoms with E-state index in [1.807, 2.05) is 6.07 Å². The van der Waals surface area contributed by atoms with Crippen LogP contribution in [0.5, 0.6) is 0 Å². The molecule has 1 amide bonds. The van der Waals surface area contributed by atoms with E-state index in [1.54, 1.807) is 26.8 Å². The summed E-state index contributed by atoms with van der Waals surface area (Å²) in [7, 11) is -3.68. The first-order chi connectivity index (χ1) is 11.1. The second-order valence-electron chi connectivity index (χ2n) is 6.77. The van der Waals surface area contributed by atoms with E-state index < -0.39 is 21.7 Å². The Balaban J connectivity index is 1.86. The summed E-state index contributed by atoms with van der Waals surface area (Å²) in [4.78, 5) is 11.7. The molecule has 0 unspecified atom stereocenters. The van der Waals surface area contributed by atoms with E-state index in [9.17, 15) is 13.2 Å². The van der Waals surface area contributed by atoms with Gasteiger partial charge in [0.05, 0.1) is 16.5 Å². The van der Waals surface area contributed by atoms with Crippen LogP contribution in [0.3, 0.4) is 0 Å². The fourth-order valence-electron chi connectivity index (χ4n) is 2.33. The van der Waals surface area contributed by atoms with Gasteiger partial charge in [0.1, 0.15) is 5.60 Å². The van der Waals surface area contributed by atoms with E-state index in [1.165, 1.54) is 18.2 Å². The first-order valence-electron chi connectivity index (χ1n) is 7.61. The molecular formula is C16H21N3O4S. The summed E-state index contributed by atoms with van der Waals surface area (Å²) >= 11 is 0. The van der Waals surface area contributed by atoms with Crippen molar-refractivity contribution in [1.29, 1.82) is 5.26 Å². The van der Waals surface area contributed by atoms with E-state index in [2.05, 4.69) is 10.0 Å². The molecule has 0 bridgehead atoms. The molecule has 1 aromatic rings. The van der Waals surface area contributed by atoms with Gasteiger partial charge in [-0.05, 0) is 51.8 Å². The predicted octanol–water partition coefficient (Wildman–Crippen LogP) is 1.89. The van der Waals surface area contributed by atoms with E-state index in [4.69, 9.17) is 10.00 Å². The fourth-order valence-corrected chi connectivity index (χ4v) is 3.63. The van der Waals surface area contributed by atoms with Gasteiger partial charge in [-0.15, -0.1) is 0 Å². The van der Waals surface area contributed by atoms with Crippen LogP contribution < -0.4 is 10.0 Å². The SMILES string of the molecule is CC(C)(C)OC(=O)NC1CC(NS(=O)(=O)c2cccc(C#N)c2)C1. The number of carbonyl (C=O) groups is 1. The van der Waals surface area contributed by atoms with Gasteiger partial charge >= 0.3 is 6.09 Å². The number of ether oxygens (including phenoxy) is 1. The number of nitriles is 1. The Morgan fingerprint density at radius 2 is 1.96 bits per heavy atom. The summed E-state index contributed by atoms with van der Waals surface area (Å²) in [5, 5.41) is 11.6. The first kappa shape index (κ1) is 18.2. The highest BCUT2D eigenvalue weighted by Crippen LogP contribution is 2.23. The maximum atomic E-state index is 12.3. The summed E-state index contributed by atoms with van der Waals surface area (Å²) < 4.78 is 32.3. The monoisotopic (exact) mass is 351 g/mol. The van der Waals surface area contributed by atoms with Crippen molar-refractivity contribution in [2.75, 3.05) is 0 Å². The van der Waals surface area contributed by atoms with Crippen LogP contribution in [0.2, 0.25) is 0 Å². The zero-order valence-electron chi connectivity index (χ0n) is 13.9. The molecule has 1 aromatic carbocycles.